The average Bonchev–Trinajstić information content (AvgIpc) is 2.20. The molecule has 0 aliphatic heterocycles. The van der Waals surface area contributed by atoms with Crippen molar-refractivity contribution in [2.75, 3.05) is 7.11 Å². The molecule has 0 amide bonds. The molecular formula is C11H9ClO3. The largest absolute Gasteiger partial charge is 0.497 e. The van der Waals surface area contributed by atoms with Crippen molar-refractivity contribution in [3.8, 4) is 17.6 Å². The molecule has 0 aromatic heterocycles. The second kappa shape index (κ2) is 5.28. The number of carboxylic acids is 1. The average molecular weight is 225 g/mol. The van der Waals surface area contributed by atoms with Gasteiger partial charge in [-0.3, -0.25) is 4.79 Å². The molecule has 0 atom stereocenters. The third-order valence-corrected chi connectivity index (χ3v) is 1.97. The second-order valence-corrected chi connectivity index (χ2v) is 3.13. The van der Waals surface area contributed by atoms with Gasteiger partial charge in [0.2, 0.25) is 0 Å². The van der Waals surface area contributed by atoms with E-state index < -0.39 is 5.97 Å². The summed E-state index contributed by atoms with van der Waals surface area (Å²) >= 11 is 5.86. The summed E-state index contributed by atoms with van der Waals surface area (Å²) in [5.74, 6) is 4.86. The van der Waals surface area contributed by atoms with Crippen LogP contribution >= 0.6 is 11.6 Å². The van der Waals surface area contributed by atoms with Crippen LogP contribution in [0.2, 0.25) is 5.02 Å². The molecular weight excluding hydrogens is 216 g/mol. The van der Waals surface area contributed by atoms with Crippen molar-refractivity contribution in [3.05, 3.63) is 28.8 Å². The molecule has 0 radical (unpaired) electrons. The minimum Gasteiger partial charge on any atom is -0.497 e. The lowest BCUT2D eigenvalue weighted by molar-refractivity contribution is -0.135. The number of carbonyl (C=O) groups is 1. The Kier molecular flexibility index (Phi) is 4.02. The number of hydrogen-bond acceptors (Lipinski definition) is 2. The van der Waals surface area contributed by atoms with Gasteiger partial charge in [-0.2, -0.15) is 0 Å². The van der Waals surface area contributed by atoms with Crippen LogP contribution in [0.3, 0.4) is 0 Å². The molecule has 0 bridgehead atoms. The molecule has 0 fully saturated rings. The van der Waals surface area contributed by atoms with E-state index in [1.807, 2.05) is 0 Å². The Bertz CT molecular complexity index is 429. The van der Waals surface area contributed by atoms with Crippen LogP contribution in [-0.4, -0.2) is 18.2 Å². The van der Waals surface area contributed by atoms with E-state index in [1.54, 1.807) is 18.2 Å². The van der Waals surface area contributed by atoms with Gasteiger partial charge in [0.05, 0.1) is 12.1 Å². The number of hydrogen-bond donors (Lipinski definition) is 1. The fourth-order valence-corrected chi connectivity index (χ4v) is 1.11. The first-order chi connectivity index (χ1) is 7.13. The number of aliphatic carboxylic acids is 1. The summed E-state index contributed by atoms with van der Waals surface area (Å²) in [6.45, 7) is 0. The molecule has 0 saturated heterocycles. The molecule has 78 valence electrons. The zero-order valence-electron chi connectivity index (χ0n) is 8.08. The van der Waals surface area contributed by atoms with Crippen molar-refractivity contribution in [2.45, 2.75) is 6.42 Å². The summed E-state index contributed by atoms with van der Waals surface area (Å²) in [6, 6.07) is 5.03. The van der Waals surface area contributed by atoms with Gasteiger partial charge < -0.3 is 9.84 Å². The number of ether oxygens (including phenoxy) is 1. The van der Waals surface area contributed by atoms with E-state index >= 15 is 0 Å². The van der Waals surface area contributed by atoms with Crippen molar-refractivity contribution in [1.29, 1.82) is 0 Å². The summed E-state index contributed by atoms with van der Waals surface area (Å²) in [6.07, 6.45) is -0.201. The van der Waals surface area contributed by atoms with Gasteiger partial charge in [-0.1, -0.05) is 23.4 Å². The second-order valence-electron chi connectivity index (χ2n) is 2.72. The summed E-state index contributed by atoms with van der Waals surface area (Å²) in [7, 11) is 1.54. The first-order valence-electron chi connectivity index (χ1n) is 4.17. The van der Waals surface area contributed by atoms with Crippen LogP contribution in [0.4, 0.5) is 0 Å². The quantitative estimate of drug-likeness (QED) is 0.784. The molecule has 0 spiro atoms. The summed E-state index contributed by atoms with van der Waals surface area (Å²) in [5.41, 5.74) is 0.567. The topological polar surface area (TPSA) is 46.5 Å². The van der Waals surface area contributed by atoms with Crippen LogP contribution in [0.15, 0.2) is 18.2 Å². The Balaban J connectivity index is 2.91. The third-order valence-electron chi connectivity index (χ3n) is 1.64. The Labute approximate surface area is 92.6 Å². The maximum atomic E-state index is 10.2. The van der Waals surface area contributed by atoms with Crippen LogP contribution < -0.4 is 4.74 Å². The normalized spacial score (nSPS) is 8.93. The SMILES string of the molecule is COc1ccc(Cl)c(C#CCC(=O)O)c1. The number of carboxylic acid groups (broad SMARTS) is 1. The maximum absolute atomic E-state index is 10.2. The van der Waals surface area contributed by atoms with Crippen LogP contribution in [-0.2, 0) is 4.79 Å². The van der Waals surface area contributed by atoms with Gasteiger partial charge in [0.1, 0.15) is 12.2 Å². The van der Waals surface area contributed by atoms with Gasteiger partial charge in [0.15, 0.2) is 0 Å². The third kappa shape index (κ3) is 3.53. The Morgan fingerprint density at radius 1 is 1.60 bits per heavy atom. The Hall–Kier alpha value is -1.66. The van der Waals surface area contributed by atoms with Crippen LogP contribution in [0.25, 0.3) is 0 Å². The number of halogens is 1. The first-order valence-corrected chi connectivity index (χ1v) is 4.55. The molecule has 0 saturated carbocycles. The molecule has 1 aromatic carbocycles. The highest BCUT2D eigenvalue weighted by Crippen LogP contribution is 2.20. The molecule has 15 heavy (non-hydrogen) atoms. The van der Waals surface area contributed by atoms with E-state index in [1.165, 1.54) is 7.11 Å². The first kappa shape index (κ1) is 11.4. The zero-order valence-corrected chi connectivity index (χ0v) is 8.84. The Morgan fingerprint density at radius 2 is 2.33 bits per heavy atom. The highest BCUT2D eigenvalue weighted by Gasteiger charge is 1.99. The van der Waals surface area contributed by atoms with E-state index in [0.29, 0.717) is 16.3 Å². The van der Waals surface area contributed by atoms with E-state index in [-0.39, 0.29) is 6.42 Å². The van der Waals surface area contributed by atoms with Crippen molar-refractivity contribution in [1.82, 2.24) is 0 Å². The summed E-state index contributed by atoms with van der Waals surface area (Å²) in [5, 5.41) is 8.88. The van der Waals surface area contributed by atoms with Crippen molar-refractivity contribution in [3.63, 3.8) is 0 Å². The predicted molar refractivity (Wildman–Crippen MR) is 57.1 cm³/mol. The number of methoxy groups -OCH3 is 1. The number of rotatable bonds is 2. The molecule has 0 aliphatic carbocycles. The van der Waals surface area contributed by atoms with Gasteiger partial charge in [0.25, 0.3) is 0 Å². The van der Waals surface area contributed by atoms with Gasteiger partial charge >= 0.3 is 5.97 Å². The van der Waals surface area contributed by atoms with Gasteiger partial charge in [-0.25, -0.2) is 0 Å². The zero-order chi connectivity index (χ0) is 11.3. The fraction of sp³-hybridized carbons (Fsp3) is 0.182. The monoisotopic (exact) mass is 224 g/mol. The predicted octanol–water partition coefficient (Wildman–Crippen LogP) is 2.17. The van der Waals surface area contributed by atoms with Crippen LogP contribution in [0, 0.1) is 11.8 Å². The lowest BCUT2D eigenvalue weighted by Gasteiger charge is -2.00. The molecule has 0 unspecified atom stereocenters. The van der Waals surface area contributed by atoms with Crippen LogP contribution in [0.1, 0.15) is 12.0 Å². The lowest BCUT2D eigenvalue weighted by Crippen LogP contribution is -1.90. The van der Waals surface area contributed by atoms with E-state index in [0.717, 1.165) is 0 Å². The summed E-state index contributed by atoms with van der Waals surface area (Å²) < 4.78 is 4.99. The molecule has 1 aromatic rings. The minimum absolute atomic E-state index is 0.201. The number of benzene rings is 1. The van der Waals surface area contributed by atoms with Gasteiger partial charge in [-0.15, -0.1) is 0 Å². The summed E-state index contributed by atoms with van der Waals surface area (Å²) in [4.78, 5) is 10.2. The molecule has 3 nitrogen and oxygen atoms in total. The maximum Gasteiger partial charge on any atom is 0.315 e. The molecule has 1 N–H and O–H groups in total. The van der Waals surface area contributed by atoms with Crippen molar-refractivity contribution < 1.29 is 14.6 Å². The van der Waals surface area contributed by atoms with E-state index in [9.17, 15) is 4.79 Å². The Morgan fingerprint density at radius 3 is 2.93 bits per heavy atom. The molecule has 0 aliphatic rings. The lowest BCUT2D eigenvalue weighted by atomic mass is 10.2. The minimum atomic E-state index is -0.957. The molecule has 1 rings (SSSR count). The highest BCUT2D eigenvalue weighted by molar-refractivity contribution is 6.31. The smallest absolute Gasteiger partial charge is 0.315 e. The van der Waals surface area contributed by atoms with Gasteiger partial charge in [0, 0.05) is 5.56 Å². The van der Waals surface area contributed by atoms with Crippen LogP contribution in [0.5, 0.6) is 5.75 Å². The fourth-order valence-electron chi connectivity index (χ4n) is 0.942. The molecule has 0 heterocycles. The van der Waals surface area contributed by atoms with Gasteiger partial charge in [-0.05, 0) is 18.2 Å². The van der Waals surface area contributed by atoms with Crippen molar-refractivity contribution in [2.24, 2.45) is 0 Å². The highest BCUT2D eigenvalue weighted by atomic mass is 35.5. The van der Waals surface area contributed by atoms with Crippen molar-refractivity contribution >= 4 is 17.6 Å². The standard InChI is InChI=1S/C11H9ClO3/c1-15-9-5-6-10(12)8(7-9)3-2-4-11(13)14/h5-7H,4H2,1H3,(H,13,14). The van der Waals surface area contributed by atoms with E-state index in [2.05, 4.69) is 11.8 Å². The van der Waals surface area contributed by atoms with E-state index in [4.69, 9.17) is 21.4 Å². The molecule has 4 heteroatoms.